The van der Waals surface area contributed by atoms with Crippen LogP contribution in [0.15, 0.2) is 24.7 Å². The Morgan fingerprint density at radius 2 is 2.33 bits per heavy atom. The molecule has 2 heterocycles. The van der Waals surface area contributed by atoms with Crippen LogP contribution in [0.2, 0.25) is 0 Å². The number of pyridine rings is 1. The number of carbonyl (C=O) groups excluding carboxylic acids is 1. The van der Waals surface area contributed by atoms with Crippen LogP contribution < -0.4 is 11.1 Å². The number of aryl methyl sites for hydroxylation is 2. The highest BCUT2D eigenvalue weighted by Crippen LogP contribution is 2.09. The van der Waals surface area contributed by atoms with Crippen LogP contribution >= 0.6 is 0 Å². The van der Waals surface area contributed by atoms with Gasteiger partial charge in [-0.15, -0.1) is 0 Å². The van der Waals surface area contributed by atoms with Crippen molar-refractivity contribution < 1.29 is 4.79 Å². The second kappa shape index (κ2) is 4.87. The zero-order valence-corrected chi connectivity index (χ0v) is 10.3. The van der Waals surface area contributed by atoms with E-state index in [4.69, 9.17) is 5.73 Å². The van der Waals surface area contributed by atoms with Crippen molar-refractivity contribution in [3.8, 4) is 0 Å². The lowest BCUT2D eigenvalue weighted by Gasteiger charge is -2.06. The molecule has 0 bridgehead atoms. The zero-order chi connectivity index (χ0) is 13.1. The van der Waals surface area contributed by atoms with Crippen molar-refractivity contribution in [2.24, 2.45) is 7.05 Å². The van der Waals surface area contributed by atoms with Crippen molar-refractivity contribution >= 4 is 11.6 Å². The average molecular weight is 245 g/mol. The first kappa shape index (κ1) is 12.1. The van der Waals surface area contributed by atoms with Crippen LogP contribution in [0.5, 0.6) is 0 Å². The summed E-state index contributed by atoms with van der Waals surface area (Å²) in [5.41, 5.74) is 8.37. The van der Waals surface area contributed by atoms with E-state index in [1.807, 2.05) is 13.0 Å². The monoisotopic (exact) mass is 245 g/mol. The number of hydrogen-bond acceptors (Lipinski definition) is 4. The Bertz CT molecular complexity index is 576. The van der Waals surface area contributed by atoms with Crippen molar-refractivity contribution in [1.82, 2.24) is 20.1 Å². The molecule has 2 aromatic heterocycles. The first-order valence-electron chi connectivity index (χ1n) is 5.54. The summed E-state index contributed by atoms with van der Waals surface area (Å²) in [6, 6.07) is 1.87. The Kier molecular flexibility index (Phi) is 3.27. The normalized spacial score (nSPS) is 10.3. The number of hydrogen-bond donors (Lipinski definition) is 2. The highest BCUT2D eigenvalue weighted by Gasteiger charge is 2.13. The quantitative estimate of drug-likeness (QED) is 0.830. The number of anilines is 1. The number of carbonyl (C=O) groups is 1. The second-order valence-corrected chi connectivity index (χ2v) is 4.09. The van der Waals surface area contributed by atoms with Gasteiger partial charge < -0.3 is 11.1 Å². The lowest BCUT2D eigenvalue weighted by atomic mass is 10.1. The largest absolute Gasteiger partial charge is 0.396 e. The molecule has 94 valence electrons. The minimum atomic E-state index is -0.274. The summed E-state index contributed by atoms with van der Waals surface area (Å²) in [7, 11) is 1.72. The van der Waals surface area contributed by atoms with Gasteiger partial charge in [0.2, 0.25) is 0 Å². The molecule has 6 heteroatoms. The first-order valence-corrected chi connectivity index (χ1v) is 5.54. The highest BCUT2D eigenvalue weighted by molar-refractivity contribution is 5.96. The third-order valence-corrected chi connectivity index (χ3v) is 2.65. The predicted molar refractivity (Wildman–Crippen MR) is 67.8 cm³/mol. The van der Waals surface area contributed by atoms with Crippen molar-refractivity contribution in [2.75, 3.05) is 5.73 Å². The molecule has 1 amide bonds. The summed E-state index contributed by atoms with van der Waals surface area (Å²) >= 11 is 0. The molecule has 2 rings (SSSR count). The zero-order valence-electron chi connectivity index (χ0n) is 10.3. The van der Waals surface area contributed by atoms with E-state index in [2.05, 4.69) is 15.4 Å². The fourth-order valence-corrected chi connectivity index (χ4v) is 1.64. The van der Waals surface area contributed by atoms with Gasteiger partial charge in [0.25, 0.3) is 5.91 Å². The Hall–Kier alpha value is -2.37. The van der Waals surface area contributed by atoms with Gasteiger partial charge in [0.05, 0.1) is 5.69 Å². The van der Waals surface area contributed by atoms with E-state index < -0.39 is 0 Å². The Morgan fingerprint density at radius 1 is 1.56 bits per heavy atom. The predicted octanol–water partition coefficient (Wildman–Crippen LogP) is 0.636. The molecule has 0 saturated heterocycles. The molecule has 0 saturated carbocycles. The molecular formula is C12H15N5O. The molecule has 2 aromatic rings. The van der Waals surface area contributed by atoms with Crippen molar-refractivity contribution in [3.63, 3.8) is 0 Å². The minimum absolute atomic E-state index is 0.254. The maximum Gasteiger partial charge on any atom is 0.274 e. The van der Waals surface area contributed by atoms with Crippen molar-refractivity contribution in [1.29, 1.82) is 0 Å². The SMILES string of the molecule is Cc1cnccc1CNC(=O)c1nn(C)cc1N. The first-order chi connectivity index (χ1) is 8.58. The molecule has 0 aliphatic carbocycles. The molecule has 18 heavy (non-hydrogen) atoms. The van der Waals surface area contributed by atoms with Crippen molar-refractivity contribution in [3.05, 3.63) is 41.5 Å². The molecular weight excluding hydrogens is 230 g/mol. The number of rotatable bonds is 3. The maximum absolute atomic E-state index is 11.9. The Labute approximate surface area is 105 Å². The van der Waals surface area contributed by atoms with Crippen LogP contribution in [0.25, 0.3) is 0 Å². The van der Waals surface area contributed by atoms with Crippen LogP contribution in [0, 0.1) is 6.92 Å². The van der Waals surface area contributed by atoms with E-state index in [1.54, 1.807) is 25.6 Å². The molecule has 0 aromatic carbocycles. The van der Waals surface area contributed by atoms with Crippen LogP contribution in [0.3, 0.4) is 0 Å². The minimum Gasteiger partial charge on any atom is -0.396 e. The molecule has 6 nitrogen and oxygen atoms in total. The van der Waals surface area contributed by atoms with E-state index in [9.17, 15) is 4.79 Å². The summed E-state index contributed by atoms with van der Waals surface area (Å²) < 4.78 is 1.52. The summed E-state index contributed by atoms with van der Waals surface area (Å²) in [4.78, 5) is 15.9. The number of nitrogen functional groups attached to an aromatic ring is 1. The van der Waals surface area contributed by atoms with E-state index in [1.165, 1.54) is 4.68 Å². The van der Waals surface area contributed by atoms with Crippen LogP contribution in [0.1, 0.15) is 21.6 Å². The third kappa shape index (κ3) is 2.48. The third-order valence-electron chi connectivity index (χ3n) is 2.65. The number of nitrogens with two attached hydrogens (primary N) is 1. The van der Waals surface area contributed by atoms with E-state index in [0.29, 0.717) is 12.2 Å². The number of nitrogens with zero attached hydrogens (tertiary/aromatic N) is 3. The van der Waals surface area contributed by atoms with E-state index >= 15 is 0 Å². The number of nitrogens with one attached hydrogen (secondary N) is 1. The second-order valence-electron chi connectivity index (χ2n) is 4.09. The lowest BCUT2D eigenvalue weighted by Crippen LogP contribution is -2.24. The van der Waals surface area contributed by atoms with Gasteiger partial charge in [-0.25, -0.2) is 0 Å². The van der Waals surface area contributed by atoms with Gasteiger partial charge in [0.15, 0.2) is 5.69 Å². The fourth-order valence-electron chi connectivity index (χ4n) is 1.64. The topological polar surface area (TPSA) is 85.8 Å². The van der Waals surface area contributed by atoms with Gasteiger partial charge in [-0.05, 0) is 24.1 Å². The standard InChI is InChI=1S/C12H15N5O/c1-8-5-14-4-3-9(8)6-15-12(18)11-10(13)7-17(2)16-11/h3-5,7H,6,13H2,1-2H3,(H,15,18). The van der Waals surface area contributed by atoms with Crippen LogP contribution in [0.4, 0.5) is 5.69 Å². The van der Waals surface area contributed by atoms with Gasteiger partial charge in [0.1, 0.15) is 0 Å². The number of aromatic nitrogens is 3. The van der Waals surface area contributed by atoms with Gasteiger partial charge >= 0.3 is 0 Å². The molecule has 0 unspecified atom stereocenters. The van der Waals surface area contributed by atoms with Gasteiger partial charge in [-0.1, -0.05) is 0 Å². The van der Waals surface area contributed by atoms with Crippen LogP contribution in [-0.4, -0.2) is 20.7 Å². The molecule has 0 fully saturated rings. The molecule has 0 spiro atoms. The molecule has 0 radical (unpaired) electrons. The average Bonchev–Trinajstić information content (AvgIpc) is 2.67. The lowest BCUT2D eigenvalue weighted by molar-refractivity contribution is 0.0946. The summed E-state index contributed by atoms with van der Waals surface area (Å²) in [5.74, 6) is -0.274. The van der Waals surface area contributed by atoms with E-state index in [-0.39, 0.29) is 11.6 Å². The molecule has 0 aliphatic rings. The van der Waals surface area contributed by atoms with Crippen molar-refractivity contribution in [2.45, 2.75) is 13.5 Å². The fraction of sp³-hybridized carbons (Fsp3) is 0.250. The summed E-state index contributed by atoms with van der Waals surface area (Å²) in [6.45, 7) is 2.38. The highest BCUT2D eigenvalue weighted by atomic mass is 16.1. The molecule has 0 aliphatic heterocycles. The van der Waals surface area contributed by atoms with E-state index in [0.717, 1.165) is 11.1 Å². The summed E-state index contributed by atoms with van der Waals surface area (Å²) in [6.07, 6.45) is 5.06. The Morgan fingerprint density at radius 3 is 2.94 bits per heavy atom. The van der Waals surface area contributed by atoms with Crippen LogP contribution in [-0.2, 0) is 13.6 Å². The molecule has 0 atom stereocenters. The molecule has 3 N–H and O–H groups in total. The Balaban J connectivity index is 2.05. The maximum atomic E-state index is 11.9. The summed E-state index contributed by atoms with van der Waals surface area (Å²) in [5, 5.41) is 6.80. The van der Waals surface area contributed by atoms with Gasteiger partial charge in [-0.2, -0.15) is 5.10 Å². The number of amides is 1. The van der Waals surface area contributed by atoms with Gasteiger partial charge in [-0.3, -0.25) is 14.5 Å². The van der Waals surface area contributed by atoms with Gasteiger partial charge in [0, 0.05) is 32.2 Å². The smallest absolute Gasteiger partial charge is 0.274 e.